The van der Waals surface area contributed by atoms with Gasteiger partial charge in [0.15, 0.2) is 0 Å². The molecule has 0 bridgehead atoms. The summed E-state index contributed by atoms with van der Waals surface area (Å²) in [5, 5.41) is 13.9. The van der Waals surface area contributed by atoms with Crippen LogP contribution < -0.4 is 10.6 Å². The number of nitrogens with one attached hydrogen (secondary N) is 2. The van der Waals surface area contributed by atoms with E-state index in [1.165, 1.54) is 0 Å². The standard InChI is InChI=1S/C12H16N2O3/c1-8(2)13-12(17)9-5-3-4-6-10(9)14-11(16)7-15/h3-6,8,15H,7H2,1-2H3,(H,13,17)(H,14,16). The van der Waals surface area contributed by atoms with Gasteiger partial charge in [0.1, 0.15) is 6.61 Å². The molecule has 0 radical (unpaired) electrons. The highest BCUT2D eigenvalue weighted by Gasteiger charge is 2.12. The Balaban J connectivity index is 2.91. The highest BCUT2D eigenvalue weighted by Crippen LogP contribution is 2.14. The van der Waals surface area contributed by atoms with Gasteiger partial charge in [0.25, 0.3) is 5.91 Å². The largest absolute Gasteiger partial charge is 0.387 e. The van der Waals surface area contributed by atoms with Crippen LogP contribution in [-0.2, 0) is 4.79 Å². The molecule has 0 heterocycles. The number of hydrogen-bond acceptors (Lipinski definition) is 3. The second-order valence-corrected chi connectivity index (χ2v) is 3.88. The Morgan fingerprint density at radius 3 is 2.53 bits per heavy atom. The third-order valence-corrected chi connectivity index (χ3v) is 2.01. The molecule has 5 heteroatoms. The van der Waals surface area contributed by atoms with Crippen molar-refractivity contribution >= 4 is 17.5 Å². The number of rotatable bonds is 4. The smallest absolute Gasteiger partial charge is 0.253 e. The molecule has 0 aliphatic rings. The van der Waals surface area contributed by atoms with E-state index >= 15 is 0 Å². The van der Waals surface area contributed by atoms with E-state index in [1.807, 2.05) is 13.8 Å². The van der Waals surface area contributed by atoms with Gasteiger partial charge in [-0.05, 0) is 26.0 Å². The van der Waals surface area contributed by atoms with Crippen LogP contribution in [-0.4, -0.2) is 29.6 Å². The van der Waals surface area contributed by atoms with E-state index in [2.05, 4.69) is 10.6 Å². The van der Waals surface area contributed by atoms with Crippen molar-refractivity contribution in [2.75, 3.05) is 11.9 Å². The van der Waals surface area contributed by atoms with E-state index in [4.69, 9.17) is 5.11 Å². The number of carbonyl (C=O) groups is 2. The molecule has 0 spiro atoms. The van der Waals surface area contributed by atoms with Crippen LogP contribution in [0.3, 0.4) is 0 Å². The zero-order chi connectivity index (χ0) is 12.8. The lowest BCUT2D eigenvalue weighted by molar-refractivity contribution is -0.118. The van der Waals surface area contributed by atoms with Crippen LogP contribution in [0.25, 0.3) is 0 Å². The number of carbonyl (C=O) groups excluding carboxylic acids is 2. The van der Waals surface area contributed by atoms with E-state index in [0.29, 0.717) is 11.3 Å². The van der Waals surface area contributed by atoms with Crippen LogP contribution in [0.1, 0.15) is 24.2 Å². The first-order valence-electron chi connectivity index (χ1n) is 5.35. The number of aliphatic hydroxyl groups excluding tert-OH is 1. The van der Waals surface area contributed by atoms with Crippen LogP contribution >= 0.6 is 0 Å². The van der Waals surface area contributed by atoms with E-state index in [-0.39, 0.29) is 11.9 Å². The molecule has 0 aromatic heterocycles. The summed E-state index contributed by atoms with van der Waals surface area (Å²) in [6, 6.07) is 6.67. The van der Waals surface area contributed by atoms with Gasteiger partial charge in [-0.1, -0.05) is 12.1 Å². The van der Waals surface area contributed by atoms with Crippen molar-refractivity contribution in [3.05, 3.63) is 29.8 Å². The Labute approximate surface area is 99.8 Å². The summed E-state index contributed by atoms with van der Waals surface area (Å²) in [6.07, 6.45) is 0. The van der Waals surface area contributed by atoms with Crippen molar-refractivity contribution in [1.29, 1.82) is 0 Å². The number of para-hydroxylation sites is 1. The quantitative estimate of drug-likeness (QED) is 0.722. The summed E-state index contributed by atoms with van der Waals surface area (Å²) in [4.78, 5) is 22.9. The predicted octanol–water partition coefficient (Wildman–Crippen LogP) is 0.756. The minimum absolute atomic E-state index is 0.0177. The molecule has 0 fully saturated rings. The normalized spacial score (nSPS) is 10.1. The number of hydrogen-bond donors (Lipinski definition) is 3. The van der Waals surface area contributed by atoms with Crippen LogP contribution in [0.4, 0.5) is 5.69 Å². The van der Waals surface area contributed by atoms with Crippen molar-refractivity contribution in [3.63, 3.8) is 0 Å². The zero-order valence-electron chi connectivity index (χ0n) is 9.86. The fraction of sp³-hybridized carbons (Fsp3) is 0.333. The van der Waals surface area contributed by atoms with Gasteiger partial charge >= 0.3 is 0 Å². The minimum Gasteiger partial charge on any atom is -0.387 e. The number of benzene rings is 1. The maximum absolute atomic E-state index is 11.8. The summed E-state index contributed by atoms with van der Waals surface area (Å²) in [5.41, 5.74) is 0.771. The summed E-state index contributed by atoms with van der Waals surface area (Å²) in [6.45, 7) is 3.10. The molecule has 5 nitrogen and oxygen atoms in total. The molecule has 3 N–H and O–H groups in total. The van der Waals surface area contributed by atoms with Crippen molar-refractivity contribution < 1.29 is 14.7 Å². The number of aliphatic hydroxyl groups is 1. The molecule has 1 aromatic carbocycles. The lowest BCUT2D eigenvalue weighted by Gasteiger charge is -2.12. The first-order chi connectivity index (χ1) is 8.04. The van der Waals surface area contributed by atoms with Gasteiger partial charge in [-0.3, -0.25) is 9.59 Å². The Morgan fingerprint density at radius 2 is 1.94 bits per heavy atom. The molecule has 1 aromatic rings. The molecular weight excluding hydrogens is 220 g/mol. The maximum Gasteiger partial charge on any atom is 0.253 e. The third-order valence-electron chi connectivity index (χ3n) is 2.01. The lowest BCUT2D eigenvalue weighted by Crippen LogP contribution is -2.31. The second kappa shape index (κ2) is 6.00. The van der Waals surface area contributed by atoms with Gasteiger partial charge in [0, 0.05) is 6.04 Å². The Hall–Kier alpha value is -1.88. The molecule has 0 aliphatic heterocycles. The van der Waals surface area contributed by atoms with Gasteiger partial charge in [-0.15, -0.1) is 0 Å². The average Bonchev–Trinajstić information content (AvgIpc) is 2.28. The lowest BCUT2D eigenvalue weighted by atomic mass is 10.1. The SMILES string of the molecule is CC(C)NC(=O)c1ccccc1NC(=O)CO. The van der Waals surface area contributed by atoms with Crippen molar-refractivity contribution in [1.82, 2.24) is 5.32 Å². The Bertz CT molecular complexity index is 416. The average molecular weight is 236 g/mol. The summed E-state index contributed by atoms with van der Waals surface area (Å²) < 4.78 is 0. The summed E-state index contributed by atoms with van der Waals surface area (Å²) in [7, 11) is 0. The van der Waals surface area contributed by atoms with E-state index in [9.17, 15) is 9.59 Å². The van der Waals surface area contributed by atoms with E-state index in [1.54, 1.807) is 24.3 Å². The van der Waals surface area contributed by atoms with Gasteiger partial charge < -0.3 is 15.7 Å². The summed E-state index contributed by atoms with van der Waals surface area (Å²) in [5.74, 6) is -0.802. The third kappa shape index (κ3) is 3.88. The highest BCUT2D eigenvalue weighted by atomic mass is 16.3. The molecule has 0 unspecified atom stereocenters. The van der Waals surface area contributed by atoms with Gasteiger partial charge in [-0.2, -0.15) is 0 Å². The fourth-order valence-corrected chi connectivity index (χ4v) is 1.32. The molecule has 1 rings (SSSR count). The van der Waals surface area contributed by atoms with Crippen molar-refractivity contribution in [2.45, 2.75) is 19.9 Å². The Morgan fingerprint density at radius 1 is 1.29 bits per heavy atom. The van der Waals surface area contributed by atoms with E-state index < -0.39 is 12.5 Å². The van der Waals surface area contributed by atoms with Crippen LogP contribution in [0.5, 0.6) is 0 Å². The predicted molar refractivity (Wildman–Crippen MR) is 64.8 cm³/mol. The minimum atomic E-state index is -0.611. The topological polar surface area (TPSA) is 78.4 Å². The van der Waals surface area contributed by atoms with Crippen molar-refractivity contribution in [2.24, 2.45) is 0 Å². The van der Waals surface area contributed by atoms with Crippen LogP contribution in [0.15, 0.2) is 24.3 Å². The maximum atomic E-state index is 11.8. The van der Waals surface area contributed by atoms with Crippen LogP contribution in [0.2, 0.25) is 0 Å². The molecule has 2 amide bonds. The highest BCUT2D eigenvalue weighted by molar-refractivity contribution is 6.03. The molecular formula is C12H16N2O3. The fourth-order valence-electron chi connectivity index (χ4n) is 1.32. The molecule has 0 saturated heterocycles. The molecule has 0 saturated carbocycles. The number of anilines is 1. The molecule has 92 valence electrons. The second-order valence-electron chi connectivity index (χ2n) is 3.88. The van der Waals surface area contributed by atoms with E-state index in [0.717, 1.165) is 0 Å². The molecule has 17 heavy (non-hydrogen) atoms. The zero-order valence-corrected chi connectivity index (χ0v) is 9.86. The van der Waals surface area contributed by atoms with Crippen molar-refractivity contribution in [3.8, 4) is 0 Å². The first kappa shape index (κ1) is 13.2. The molecule has 0 aliphatic carbocycles. The first-order valence-corrected chi connectivity index (χ1v) is 5.35. The summed E-state index contributed by atoms with van der Waals surface area (Å²) >= 11 is 0. The number of amides is 2. The van der Waals surface area contributed by atoms with Gasteiger partial charge in [-0.25, -0.2) is 0 Å². The monoisotopic (exact) mass is 236 g/mol. The molecule has 0 atom stereocenters. The Kier molecular flexibility index (Phi) is 4.66. The van der Waals surface area contributed by atoms with Gasteiger partial charge in [0.05, 0.1) is 11.3 Å². The van der Waals surface area contributed by atoms with Crippen LogP contribution in [0, 0.1) is 0 Å². The van der Waals surface area contributed by atoms with Gasteiger partial charge in [0.2, 0.25) is 5.91 Å².